The lowest BCUT2D eigenvalue weighted by molar-refractivity contribution is -0.139. The second-order valence-electron chi connectivity index (χ2n) is 10.1. The van der Waals surface area contributed by atoms with Gasteiger partial charge in [-0.3, -0.25) is 9.36 Å². The Bertz CT molecular complexity index is 2020. The van der Waals surface area contributed by atoms with E-state index in [9.17, 15) is 9.59 Å². The van der Waals surface area contributed by atoms with Gasteiger partial charge in [-0.05, 0) is 88.9 Å². The van der Waals surface area contributed by atoms with Crippen molar-refractivity contribution < 1.29 is 33.2 Å². The Morgan fingerprint density at radius 1 is 1.04 bits per heavy atom. The Balaban J connectivity index is 1.36. The van der Waals surface area contributed by atoms with Crippen LogP contribution in [0.3, 0.4) is 0 Å². The van der Waals surface area contributed by atoms with Gasteiger partial charge in [0, 0.05) is 0 Å². The third-order valence-electron chi connectivity index (χ3n) is 7.33. The lowest BCUT2D eigenvalue weighted by atomic mass is 9.96. The van der Waals surface area contributed by atoms with Crippen LogP contribution in [0.25, 0.3) is 6.08 Å². The van der Waals surface area contributed by atoms with Gasteiger partial charge in [0.05, 0.1) is 47.1 Å². The second kappa shape index (κ2) is 12.8. The number of rotatable bonds is 9. The molecule has 1 atom stereocenters. The fourth-order valence-corrected chi connectivity index (χ4v) is 6.80. The molecule has 2 aliphatic heterocycles. The highest BCUT2D eigenvalue weighted by atomic mass is 79.9. The summed E-state index contributed by atoms with van der Waals surface area (Å²) in [5.74, 6) is 2.56. The number of methoxy groups -OCH3 is 2. The molecule has 10 nitrogen and oxygen atoms in total. The first-order valence-corrected chi connectivity index (χ1v) is 15.6. The van der Waals surface area contributed by atoms with Crippen LogP contribution in [0.4, 0.5) is 0 Å². The molecule has 1 aromatic heterocycles. The zero-order chi connectivity index (χ0) is 31.7. The van der Waals surface area contributed by atoms with Crippen LogP contribution in [0.2, 0.25) is 0 Å². The van der Waals surface area contributed by atoms with Crippen LogP contribution < -0.4 is 38.6 Å². The molecule has 6 rings (SSSR count). The summed E-state index contributed by atoms with van der Waals surface area (Å²) < 4.78 is 36.0. The molecular weight excluding hydrogens is 664 g/mol. The summed E-state index contributed by atoms with van der Waals surface area (Å²) in [6, 6.07) is 15.8. The average Bonchev–Trinajstić information content (AvgIpc) is 3.63. The first kappa shape index (κ1) is 30.5. The van der Waals surface area contributed by atoms with Gasteiger partial charge in [-0.1, -0.05) is 29.5 Å². The lowest BCUT2D eigenvalue weighted by Crippen LogP contribution is -2.39. The minimum absolute atomic E-state index is 0.192. The van der Waals surface area contributed by atoms with Crippen LogP contribution in [0, 0.1) is 0 Å². The summed E-state index contributed by atoms with van der Waals surface area (Å²) in [5.41, 5.74) is 2.87. The zero-order valence-corrected chi connectivity index (χ0v) is 27.3. The van der Waals surface area contributed by atoms with Crippen molar-refractivity contribution in [1.82, 2.24) is 4.57 Å². The van der Waals surface area contributed by atoms with Gasteiger partial charge in [-0.25, -0.2) is 9.79 Å². The van der Waals surface area contributed by atoms with E-state index in [0.717, 1.165) is 11.1 Å². The highest BCUT2D eigenvalue weighted by Crippen LogP contribution is 2.36. The normalized spacial score (nSPS) is 15.4. The first-order valence-electron chi connectivity index (χ1n) is 14.0. The number of carbonyl (C=O) groups excluding carboxylic acids is 1. The number of hydrogen-bond acceptors (Lipinski definition) is 10. The van der Waals surface area contributed by atoms with E-state index >= 15 is 0 Å². The summed E-state index contributed by atoms with van der Waals surface area (Å²) in [7, 11) is 3.14. The number of nitrogens with zero attached hydrogens (tertiary/aromatic N) is 2. The minimum Gasteiger partial charge on any atom is -0.496 e. The third kappa shape index (κ3) is 5.95. The summed E-state index contributed by atoms with van der Waals surface area (Å²) in [6.07, 6.45) is 1.78. The maximum Gasteiger partial charge on any atom is 0.338 e. The topological polar surface area (TPSA) is 107 Å². The summed E-state index contributed by atoms with van der Waals surface area (Å²) in [5, 5.41) is 0. The molecule has 0 amide bonds. The van der Waals surface area contributed by atoms with Crippen LogP contribution in [0.15, 0.2) is 80.1 Å². The highest BCUT2D eigenvalue weighted by molar-refractivity contribution is 9.10. The van der Waals surface area contributed by atoms with E-state index in [-0.39, 0.29) is 19.0 Å². The number of hydrogen-bond donors (Lipinski definition) is 0. The number of halogens is 1. The van der Waals surface area contributed by atoms with E-state index in [1.54, 1.807) is 56.9 Å². The Morgan fingerprint density at radius 2 is 1.82 bits per heavy atom. The van der Waals surface area contributed by atoms with E-state index in [2.05, 4.69) is 20.9 Å². The van der Waals surface area contributed by atoms with Crippen molar-refractivity contribution in [2.45, 2.75) is 26.5 Å². The van der Waals surface area contributed by atoms with Gasteiger partial charge in [-0.2, -0.15) is 0 Å². The molecule has 12 heteroatoms. The van der Waals surface area contributed by atoms with Gasteiger partial charge in [0.1, 0.15) is 12.4 Å². The van der Waals surface area contributed by atoms with Crippen LogP contribution >= 0.6 is 27.3 Å². The number of carbonyl (C=O) groups is 1. The molecule has 0 unspecified atom stereocenters. The van der Waals surface area contributed by atoms with Crippen molar-refractivity contribution in [3.8, 4) is 28.7 Å². The van der Waals surface area contributed by atoms with Crippen LogP contribution in [0.1, 0.15) is 36.6 Å². The number of esters is 1. The maximum atomic E-state index is 14.0. The fourth-order valence-electron chi connectivity index (χ4n) is 5.20. The van der Waals surface area contributed by atoms with Crippen LogP contribution in [-0.2, 0) is 16.1 Å². The lowest BCUT2D eigenvalue weighted by Gasteiger charge is -2.25. The molecule has 0 spiro atoms. The first-order chi connectivity index (χ1) is 21.8. The number of ether oxygens (including phenoxy) is 6. The van der Waals surface area contributed by atoms with E-state index in [0.29, 0.717) is 66.0 Å². The van der Waals surface area contributed by atoms with Crippen molar-refractivity contribution in [3.63, 3.8) is 0 Å². The second-order valence-corrected chi connectivity index (χ2v) is 11.9. The van der Waals surface area contributed by atoms with Gasteiger partial charge in [0.25, 0.3) is 5.56 Å². The Hall–Kier alpha value is -4.55. The molecule has 0 N–H and O–H groups in total. The molecule has 45 heavy (non-hydrogen) atoms. The van der Waals surface area contributed by atoms with E-state index in [1.165, 1.54) is 11.3 Å². The van der Waals surface area contributed by atoms with Crippen LogP contribution in [-0.4, -0.2) is 38.2 Å². The van der Waals surface area contributed by atoms with Crippen molar-refractivity contribution in [1.29, 1.82) is 0 Å². The number of benzene rings is 3. The van der Waals surface area contributed by atoms with Crippen molar-refractivity contribution >= 4 is 39.3 Å². The highest BCUT2D eigenvalue weighted by Gasteiger charge is 2.33. The quantitative estimate of drug-likeness (QED) is 0.229. The van der Waals surface area contributed by atoms with E-state index < -0.39 is 12.0 Å². The standard InChI is InChI=1S/C33H29BrN2O8S/c1-5-41-32(38)29-18(2)35-33-36(30(29)21-8-11-23(39-3)22(34)15-21)31(37)28(45-33)14-19-6-9-24(26(12-19)40-4)42-16-20-7-10-25-27(13-20)44-17-43-25/h6-15,30H,5,16-17H2,1-4H3/b28-14+/t30-/m1/s1. The molecule has 0 radical (unpaired) electrons. The Morgan fingerprint density at radius 3 is 2.58 bits per heavy atom. The monoisotopic (exact) mass is 692 g/mol. The molecule has 0 saturated heterocycles. The van der Waals surface area contributed by atoms with E-state index in [1.807, 2.05) is 36.4 Å². The Kier molecular flexibility index (Phi) is 8.68. The molecule has 0 bridgehead atoms. The molecule has 3 heterocycles. The number of aromatic nitrogens is 1. The van der Waals surface area contributed by atoms with Crippen molar-refractivity contribution in [2.24, 2.45) is 4.99 Å². The van der Waals surface area contributed by atoms with Gasteiger partial charge in [0.2, 0.25) is 6.79 Å². The summed E-state index contributed by atoms with van der Waals surface area (Å²) in [6.45, 7) is 4.19. The van der Waals surface area contributed by atoms with Gasteiger partial charge >= 0.3 is 5.97 Å². The van der Waals surface area contributed by atoms with Crippen molar-refractivity contribution in [2.75, 3.05) is 27.6 Å². The fraction of sp³-hybridized carbons (Fsp3) is 0.242. The van der Waals surface area contributed by atoms with Gasteiger partial charge < -0.3 is 28.4 Å². The average molecular weight is 694 g/mol. The van der Waals surface area contributed by atoms with E-state index in [4.69, 9.17) is 28.4 Å². The molecule has 232 valence electrons. The predicted octanol–water partition coefficient (Wildman–Crippen LogP) is 4.89. The van der Waals surface area contributed by atoms with Gasteiger partial charge in [-0.15, -0.1) is 0 Å². The third-order valence-corrected chi connectivity index (χ3v) is 8.93. The van der Waals surface area contributed by atoms with Gasteiger partial charge in [0.15, 0.2) is 27.8 Å². The minimum atomic E-state index is -0.744. The van der Waals surface area contributed by atoms with Crippen LogP contribution in [0.5, 0.6) is 28.7 Å². The molecule has 4 aromatic rings. The number of fused-ring (bicyclic) bond motifs is 2. The molecule has 0 saturated carbocycles. The molecule has 2 aliphatic rings. The predicted molar refractivity (Wildman–Crippen MR) is 171 cm³/mol. The largest absolute Gasteiger partial charge is 0.496 e. The number of allylic oxidation sites excluding steroid dienone is 1. The molecule has 0 fully saturated rings. The molecule has 3 aromatic carbocycles. The number of thiazole rings is 1. The summed E-state index contributed by atoms with van der Waals surface area (Å²) in [4.78, 5) is 32.3. The zero-order valence-electron chi connectivity index (χ0n) is 24.9. The molecule has 0 aliphatic carbocycles. The summed E-state index contributed by atoms with van der Waals surface area (Å²) >= 11 is 4.78. The smallest absolute Gasteiger partial charge is 0.338 e. The SMILES string of the molecule is CCOC(=O)C1=C(C)N=c2s/c(=C/c3ccc(OCc4ccc5c(c4)OCO5)c(OC)c3)c(=O)n2[C@@H]1c1ccc(OC)c(Br)c1. The maximum absolute atomic E-state index is 14.0. The van der Waals surface area contributed by atoms with Crippen molar-refractivity contribution in [3.05, 3.63) is 107 Å². The Labute approximate surface area is 270 Å². The molecular formula is C33H29BrN2O8S.